The number of nitrogens with zero attached hydrogens (tertiary/aromatic N) is 1. The second kappa shape index (κ2) is 7.36. The Morgan fingerprint density at radius 2 is 1.55 bits per heavy atom. The van der Waals surface area contributed by atoms with Crippen molar-refractivity contribution in [1.82, 2.24) is 0 Å². The fourth-order valence-corrected chi connectivity index (χ4v) is 3.38. The van der Waals surface area contributed by atoms with Crippen LogP contribution in [0.4, 0.5) is 15.8 Å². The van der Waals surface area contributed by atoms with Crippen LogP contribution < -0.4 is 10.2 Å². The number of amides is 2. The lowest BCUT2D eigenvalue weighted by Crippen LogP contribution is -2.33. The van der Waals surface area contributed by atoms with Gasteiger partial charge in [-0.2, -0.15) is 0 Å². The molecular weight excluding hydrogens is 367 g/mol. The average Bonchev–Trinajstić information content (AvgIpc) is 2.93. The fraction of sp³-hybridized carbons (Fsp3) is 0.0833. The summed E-state index contributed by atoms with van der Waals surface area (Å²) in [6.07, 6.45) is 0. The number of nitrogens with one attached hydrogen (secondary N) is 1. The first-order valence-electron chi connectivity index (χ1n) is 9.24. The number of hydrogen-bond acceptors (Lipinski definition) is 3. The van der Waals surface area contributed by atoms with Gasteiger partial charge in [0.05, 0.1) is 11.3 Å². The quantitative estimate of drug-likeness (QED) is 0.653. The Kier molecular flexibility index (Phi) is 4.72. The number of para-hydroxylation sites is 1. The SMILES string of the molecule is Cc1ccc(C2=C(Nc3cccc(F)c3)C(=O)N(c3ccccc3C)C2=O)cc1. The third-order valence-corrected chi connectivity index (χ3v) is 4.87. The van der Waals surface area contributed by atoms with Gasteiger partial charge in [-0.15, -0.1) is 0 Å². The van der Waals surface area contributed by atoms with Crippen LogP contribution >= 0.6 is 0 Å². The van der Waals surface area contributed by atoms with Gasteiger partial charge in [-0.1, -0.05) is 54.1 Å². The van der Waals surface area contributed by atoms with E-state index in [1.165, 1.54) is 17.0 Å². The molecule has 29 heavy (non-hydrogen) atoms. The molecule has 4 nitrogen and oxygen atoms in total. The molecule has 0 saturated carbocycles. The van der Waals surface area contributed by atoms with E-state index >= 15 is 0 Å². The van der Waals surface area contributed by atoms with Crippen LogP contribution in [0.5, 0.6) is 0 Å². The van der Waals surface area contributed by atoms with Gasteiger partial charge in [-0.25, -0.2) is 9.29 Å². The molecule has 0 aromatic heterocycles. The lowest BCUT2D eigenvalue weighted by atomic mass is 10.0. The van der Waals surface area contributed by atoms with Gasteiger partial charge in [0.2, 0.25) is 0 Å². The van der Waals surface area contributed by atoms with E-state index in [4.69, 9.17) is 0 Å². The van der Waals surface area contributed by atoms with Crippen molar-refractivity contribution in [1.29, 1.82) is 0 Å². The Bertz CT molecular complexity index is 1150. The summed E-state index contributed by atoms with van der Waals surface area (Å²) in [7, 11) is 0. The number of anilines is 2. The van der Waals surface area contributed by atoms with Crippen molar-refractivity contribution in [2.24, 2.45) is 0 Å². The molecule has 1 aliphatic rings. The highest BCUT2D eigenvalue weighted by atomic mass is 19.1. The third kappa shape index (κ3) is 3.43. The minimum atomic E-state index is -0.468. The van der Waals surface area contributed by atoms with Crippen LogP contribution in [0.3, 0.4) is 0 Å². The van der Waals surface area contributed by atoms with Crippen LogP contribution in [0.2, 0.25) is 0 Å². The molecule has 2 amide bonds. The minimum Gasteiger partial charge on any atom is -0.350 e. The minimum absolute atomic E-state index is 0.132. The molecule has 3 aromatic rings. The number of rotatable bonds is 4. The summed E-state index contributed by atoms with van der Waals surface area (Å²) in [5.74, 6) is -1.31. The molecule has 0 bridgehead atoms. The number of carbonyl (C=O) groups is 2. The van der Waals surface area contributed by atoms with E-state index in [1.807, 2.05) is 50.2 Å². The predicted octanol–water partition coefficient (Wildman–Crippen LogP) is 4.84. The van der Waals surface area contributed by atoms with Gasteiger partial charge < -0.3 is 5.32 Å². The van der Waals surface area contributed by atoms with Gasteiger partial charge in [-0.05, 0) is 49.2 Å². The molecule has 1 aliphatic heterocycles. The van der Waals surface area contributed by atoms with Crippen molar-refractivity contribution >= 4 is 28.8 Å². The summed E-state index contributed by atoms with van der Waals surface area (Å²) in [4.78, 5) is 27.8. The lowest BCUT2D eigenvalue weighted by Gasteiger charge is -2.17. The third-order valence-electron chi connectivity index (χ3n) is 4.87. The van der Waals surface area contributed by atoms with Crippen LogP contribution in [0, 0.1) is 19.7 Å². The first-order chi connectivity index (χ1) is 14.0. The fourth-order valence-electron chi connectivity index (χ4n) is 3.38. The first kappa shape index (κ1) is 18.6. The van der Waals surface area contributed by atoms with Crippen LogP contribution in [0.15, 0.2) is 78.5 Å². The second-order valence-corrected chi connectivity index (χ2v) is 6.98. The highest BCUT2D eigenvalue weighted by Crippen LogP contribution is 2.35. The zero-order valence-electron chi connectivity index (χ0n) is 16.1. The molecule has 0 saturated heterocycles. The molecule has 144 valence electrons. The van der Waals surface area contributed by atoms with E-state index in [1.54, 1.807) is 24.3 Å². The van der Waals surface area contributed by atoms with Gasteiger partial charge in [-0.3, -0.25) is 9.59 Å². The highest BCUT2D eigenvalue weighted by molar-refractivity contribution is 6.46. The Balaban J connectivity index is 1.85. The van der Waals surface area contributed by atoms with Gasteiger partial charge in [0.15, 0.2) is 0 Å². The van der Waals surface area contributed by atoms with Crippen molar-refractivity contribution in [3.05, 3.63) is 101 Å². The summed E-state index contributed by atoms with van der Waals surface area (Å²) < 4.78 is 13.7. The molecule has 0 aliphatic carbocycles. The van der Waals surface area contributed by atoms with E-state index < -0.39 is 17.6 Å². The Hall–Kier alpha value is -3.73. The van der Waals surface area contributed by atoms with Crippen LogP contribution in [-0.2, 0) is 9.59 Å². The summed E-state index contributed by atoms with van der Waals surface area (Å²) >= 11 is 0. The maximum Gasteiger partial charge on any atom is 0.282 e. The molecule has 0 fully saturated rings. The monoisotopic (exact) mass is 386 g/mol. The van der Waals surface area contributed by atoms with Crippen LogP contribution in [-0.4, -0.2) is 11.8 Å². The normalized spacial score (nSPS) is 14.0. The van der Waals surface area contributed by atoms with E-state index in [-0.39, 0.29) is 11.3 Å². The summed E-state index contributed by atoms with van der Waals surface area (Å²) in [6.45, 7) is 3.80. The molecule has 5 heteroatoms. The van der Waals surface area contributed by atoms with Gasteiger partial charge in [0, 0.05) is 5.69 Å². The molecule has 0 atom stereocenters. The number of halogens is 1. The average molecular weight is 386 g/mol. The molecular formula is C24H19FN2O2. The predicted molar refractivity (Wildman–Crippen MR) is 112 cm³/mol. The number of benzene rings is 3. The standard InChI is InChI=1S/C24H19FN2O2/c1-15-10-12-17(13-11-15)21-22(26-19-8-5-7-18(25)14-19)24(29)27(23(21)28)20-9-4-3-6-16(20)2/h3-14,26H,1-2H3. The molecule has 3 aromatic carbocycles. The molecule has 0 unspecified atom stereocenters. The van der Waals surface area contributed by atoms with Crippen molar-refractivity contribution < 1.29 is 14.0 Å². The largest absolute Gasteiger partial charge is 0.350 e. The molecule has 0 radical (unpaired) electrons. The van der Waals surface area contributed by atoms with Crippen LogP contribution in [0.25, 0.3) is 5.57 Å². The van der Waals surface area contributed by atoms with Gasteiger partial charge in [0.1, 0.15) is 11.5 Å². The number of hydrogen-bond donors (Lipinski definition) is 1. The number of carbonyl (C=O) groups excluding carboxylic acids is 2. The van der Waals surface area contributed by atoms with Crippen molar-refractivity contribution in [2.75, 3.05) is 10.2 Å². The van der Waals surface area contributed by atoms with Crippen molar-refractivity contribution in [3.63, 3.8) is 0 Å². The zero-order chi connectivity index (χ0) is 20.5. The zero-order valence-corrected chi connectivity index (χ0v) is 16.1. The van der Waals surface area contributed by atoms with Crippen molar-refractivity contribution in [3.8, 4) is 0 Å². The lowest BCUT2D eigenvalue weighted by molar-refractivity contribution is -0.120. The smallest absolute Gasteiger partial charge is 0.282 e. The van der Waals surface area contributed by atoms with E-state index in [9.17, 15) is 14.0 Å². The van der Waals surface area contributed by atoms with Crippen molar-refractivity contribution in [2.45, 2.75) is 13.8 Å². The number of imide groups is 1. The summed E-state index contributed by atoms with van der Waals surface area (Å²) in [6, 6.07) is 20.4. The Labute approximate surface area is 168 Å². The maximum atomic E-state index is 13.7. The van der Waals surface area contributed by atoms with E-state index in [0.29, 0.717) is 16.9 Å². The summed E-state index contributed by atoms with van der Waals surface area (Å²) in [5, 5.41) is 2.97. The Morgan fingerprint density at radius 1 is 0.828 bits per heavy atom. The molecule has 4 rings (SSSR count). The molecule has 1 heterocycles. The second-order valence-electron chi connectivity index (χ2n) is 6.98. The Morgan fingerprint density at radius 3 is 2.24 bits per heavy atom. The topological polar surface area (TPSA) is 49.4 Å². The van der Waals surface area contributed by atoms with Crippen LogP contribution in [0.1, 0.15) is 16.7 Å². The molecule has 0 spiro atoms. The van der Waals surface area contributed by atoms with E-state index in [2.05, 4.69) is 5.32 Å². The van der Waals surface area contributed by atoms with E-state index in [0.717, 1.165) is 11.1 Å². The molecule has 1 N–H and O–H groups in total. The maximum absolute atomic E-state index is 13.7. The summed E-state index contributed by atoms with van der Waals surface area (Å²) in [5.41, 5.74) is 3.81. The number of aryl methyl sites for hydroxylation is 2. The first-order valence-corrected chi connectivity index (χ1v) is 9.24. The van der Waals surface area contributed by atoms with Gasteiger partial charge >= 0.3 is 0 Å². The van der Waals surface area contributed by atoms with Gasteiger partial charge in [0.25, 0.3) is 11.8 Å². The highest BCUT2D eigenvalue weighted by Gasteiger charge is 2.40.